The first-order valence-corrected chi connectivity index (χ1v) is 11.4. The topological polar surface area (TPSA) is 111 Å². The quantitative estimate of drug-likeness (QED) is 0.550. The summed E-state index contributed by atoms with van der Waals surface area (Å²) in [6, 6.07) is 10.2. The number of benzene rings is 2. The smallest absolute Gasteiger partial charge is 0.242 e. The van der Waals surface area contributed by atoms with E-state index in [0.717, 1.165) is 4.31 Å². The highest BCUT2D eigenvalue weighted by Gasteiger charge is 2.18. The van der Waals surface area contributed by atoms with E-state index in [1.165, 1.54) is 70.8 Å². The first-order valence-electron chi connectivity index (χ1n) is 8.49. The van der Waals surface area contributed by atoms with Crippen LogP contribution in [0.4, 0.5) is 0 Å². The zero-order chi connectivity index (χ0) is 21.7. The summed E-state index contributed by atoms with van der Waals surface area (Å²) in [6.45, 7) is 0.0841. The molecule has 0 spiro atoms. The molecule has 0 saturated heterocycles. The van der Waals surface area contributed by atoms with E-state index in [1.54, 1.807) is 0 Å². The number of nitrogens with zero attached hydrogens (tertiary/aromatic N) is 1. The van der Waals surface area contributed by atoms with E-state index in [-0.39, 0.29) is 22.9 Å². The van der Waals surface area contributed by atoms with Crippen LogP contribution in [-0.4, -0.2) is 62.6 Å². The summed E-state index contributed by atoms with van der Waals surface area (Å²) in [5.41, 5.74) is 0. The molecule has 0 saturated carbocycles. The largest absolute Gasteiger partial charge is 0.493 e. The Morgan fingerprint density at radius 3 is 2.00 bits per heavy atom. The van der Waals surface area contributed by atoms with Gasteiger partial charge in [-0.25, -0.2) is 25.9 Å². The van der Waals surface area contributed by atoms with Crippen molar-refractivity contribution in [2.75, 3.05) is 41.5 Å². The van der Waals surface area contributed by atoms with Crippen LogP contribution in [0.1, 0.15) is 0 Å². The Morgan fingerprint density at radius 2 is 1.45 bits per heavy atom. The van der Waals surface area contributed by atoms with Gasteiger partial charge in [0.15, 0.2) is 11.5 Å². The summed E-state index contributed by atoms with van der Waals surface area (Å²) >= 11 is 0. The highest BCUT2D eigenvalue weighted by molar-refractivity contribution is 7.89. The molecule has 0 atom stereocenters. The SMILES string of the molecule is COc1ccc(S(=O)(=O)NCCOc2ccc(S(=O)(=O)N(C)C)cc2)cc1OC. The lowest BCUT2D eigenvalue weighted by atomic mass is 10.3. The monoisotopic (exact) mass is 444 g/mol. The standard InChI is InChI=1S/C18H24N2O7S2/c1-20(2)29(23,24)15-7-5-14(6-8-15)27-12-11-19-28(21,22)16-9-10-17(25-3)18(13-16)26-4/h5-10,13,19H,11-12H2,1-4H3. The fraction of sp³-hybridized carbons (Fsp3) is 0.333. The Balaban J connectivity index is 1.95. The number of sulfonamides is 2. The summed E-state index contributed by atoms with van der Waals surface area (Å²) in [6.07, 6.45) is 0. The van der Waals surface area contributed by atoms with Crippen LogP contribution in [-0.2, 0) is 20.0 Å². The van der Waals surface area contributed by atoms with E-state index in [4.69, 9.17) is 14.2 Å². The number of methoxy groups -OCH3 is 2. The average molecular weight is 445 g/mol. The summed E-state index contributed by atoms with van der Waals surface area (Å²) in [5, 5.41) is 0. The average Bonchev–Trinajstić information content (AvgIpc) is 2.70. The highest BCUT2D eigenvalue weighted by Crippen LogP contribution is 2.29. The summed E-state index contributed by atoms with van der Waals surface area (Å²) in [4.78, 5) is 0.178. The molecule has 9 nitrogen and oxygen atoms in total. The molecular formula is C18H24N2O7S2. The molecule has 0 radical (unpaired) electrons. The Hall–Kier alpha value is -2.34. The van der Waals surface area contributed by atoms with Crippen molar-refractivity contribution >= 4 is 20.0 Å². The molecule has 0 heterocycles. The second kappa shape index (κ2) is 9.44. The van der Waals surface area contributed by atoms with Crippen molar-refractivity contribution in [3.63, 3.8) is 0 Å². The van der Waals surface area contributed by atoms with E-state index in [0.29, 0.717) is 17.2 Å². The molecule has 2 aromatic carbocycles. The van der Waals surface area contributed by atoms with E-state index >= 15 is 0 Å². The molecule has 1 N–H and O–H groups in total. The Kier molecular flexibility index (Phi) is 7.47. The maximum Gasteiger partial charge on any atom is 0.242 e. The fourth-order valence-corrected chi connectivity index (χ4v) is 4.26. The molecule has 0 amide bonds. The molecule has 11 heteroatoms. The van der Waals surface area contributed by atoms with Gasteiger partial charge in [0.2, 0.25) is 20.0 Å². The first kappa shape index (κ1) is 22.9. The number of ether oxygens (including phenoxy) is 3. The minimum absolute atomic E-state index is 0.0222. The predicted octanol–water partition coefficient (Wildman–Crippen LogP) is 1.31. The lowest BCUT2D eigenvalue weighted by Crippen LogP contribution is -2.28. The fourth-order valence-electron chi connectivity index (χ4n) is 2.33. The summed E-state index contributed by atoms with van der Waals surface area (Å²) < 4.78 is 68.1. The Bertz CT molecular complexity index is 1030. The second-order valence-electron chi connectivity index (χ2n) is 6.02. The Labute approximate surface area is 171 Å². The lowest BCUT2D eigenvalue weighted by Gasteiger charge is -2.13. The maximum absolute atomic E-state index is 12.4. The number of nitrogens with one attached hydrogen (secondary N) is 1. The van der Waals surface area contributed by atoms with Gasteiger partial charge < -0.3 is 14.2 Å². The van der Waals surface area contributed by atoms with Gasteiger partial charge in [0.25, 0.3) is 0 Å². The molecule has 29 heavy (non-hydrogen) atoms. The third kappa shape index (κ3) is 5.60. The molecule has 0 bridgehead atoms. The minimum Gasteiger partial charge on any atom is -0.493 e. The number of hydrogen-bond donors (Lipinski definition) is 1. The predicted molar refractivity (Wildman–Crippen MR) is 108 cm³/mol. The van der Waals surface area contributed by atoms with E-state index in [9.17, 15) is 16.8 Å². The van der Waals surface area contributed by atoms with Gasteiger partial charge in [0.1, 0.15) is 12.4 Å². The lowest BCUT2D eigenvalue weighted by molar-refractivity contribution is 0.322. The molecule has 0 aromatic heterocycles. The van der Waals surface area contributed by atoms with Gasteiger partial charge in [0.05, 0.1) is 24.0 Å². The zero-order valence-corrected chi connectivity index (χ0v) is 18.2. The molecule has 0 aliphatic carbocycles. The van der Waals surface area contributed by atoms with Crippen LogP contribution in [0.25, 0.3) is 0 Å². The molecule has 2 aromatic rings. The van der Waals surface area contributed by atoms with Gasteiger partial charge in [-0.15, -0.1) is 0 Å². The van der Waals surface area contributed by atoms with Gasteiger partial charge >= 0.3 is 0 Å². The normalized spacial score (nSPS) is 12.0. The third-order valence-electron chi connectivity index (χ3n) is 3.93. The van der Waals surface area contributed by atoms with Gasteiger partial charge in [0, 0.05) is 26.7 Å². The summed E-state index contributed by atoms with van der Waals surface area (Å²) in [5.74, 6) is 1.15. The van der Waals surface area contributed by atoms with Crippen LogP contribution in [0.5, 0.6) is 17.2 Å². The van der Waals surface area contributed by atoms with E-state index in [2.05, 4.69) is 4.72 Å². The van der Waals surface area contributed by atoms with Crippen molar-refractivity contribution in [1.29, 1.82) is 0 Å². The zero-order valence-electron chi connectivity index (χ0n) is 16.6. The minimum atomic E-state index is -3.76. The van der Waals surface area contributed by atoms with E-state index < -0.39 is 20.0 Å². The third-order valence-corrected chi connectivity index (χ3v) is 7.22. The van der Waals surface area contributed by atoms with Gasteiger partial charge in [-0.1, -0.05) is 0 Å². The van der Waals surface area contributed by atoms with Crippen LogP contribution < -0.4 is 18.9 Å². The van der Waals surface area contributed by atoms with Crippen molar-refractivity contribution in [2.24, 2.45) is 0 Å². The molecule has 0 aliphatic heterocycles. The molecule has 0 aliphatic rings. The van der Waals surface area contributed by atoms with Crippen molar-refractivity contribution in [3.05, 3.63) is 42.5 Å². The van der Waals surface area contributed by atoms with Crippen LogP contribution >= 0.6 is 0 Å². The number of rotatable bonds is 10. The van der Waals surface area contributed by atoms with Crippen molar-refractivity contribution in [2.45, 2.75) is 9.79 Å². The molecule has 0 unspecified atom stereocenters. The first-order chi connectivity index (χ1) is 13.6. The van der Waals surface area contributed by atoms with Crippen molar-refractivity contribution in [1.82, 2.24) is 9.03 Å². The number of hydrogen-bond acceptors (Lipinski definition) is 7. The second-order valence-corrected chi connectivity index (χ2v) is 9.94. The summed E-state index contributed by atoms with van der Waals surface area (Å²) in [7, 11) is -1.49. The van der Waals surface area contributed by atoms with Crippen LogP contribution in [0.15, 0.2) is 52.3 Å². The van der Waals surface area contributed by atoms with Crippen LogP contribution in [0.2, 0.25) is 0 Å². The van der Waals surface area contributed by atoms with Gasteiger partial charge in [-0.3, -0.25) is 0 Å². The molecule has 160 valence electrons. The highest BCUT2D eigenvalue weighted by atomic mass is 32.2. The van der Waals surface area contributed by atoms with Crippen molar-refractivity contribution < 1.29 is 31.0 Å². The van der Waals surface area contributed by atoms with Gasteiger partial charge in [-0.05, 0) is 36.4 Å². The molecule has 2 rings (SSSR count). The maximum atomic E-state index is 12.4. The van der Waals surface area contributed by atoms with Gasteiger partial charge in [-0.2, -0.15) is 0 Å². The van der Waals surface area contributed by atoms with Crippen LogP contribution in [0.3, 0.4) is 0 Å². The Morgan fingerprint density at radius 1 is 0.862 bits per heavy atom. The molecule has 0 fully saturated rings. The molecular weight excluding hydrogens is 420 g/mol. The van der Waals surface area contributed by atoms with E-state index in [1.807, 2.05) is 0 Å². The van der Waals surface area contributed by atoms with Crippen LogP contribution in [0, 0.1) is 0 Å². The van der Waals surface area contributed by atoms with Crippen molar-refractivity contribution in [3.8, 4) is 17.2 Å².